The highest BCUT2D eigenvalue weighted by molar-refractivity contribution is 7.80. The van der Waals surface area contributed by atoms with Crippen molar-refractivity contribution in [2.75, 3.05) is 12.4 Å². The molecular formula is C4H7O2S. The zero-order valence-corrected chi connectivity index (χ0v) is 4.74. The summed E-state index contributed by atoms with van der Waals surface area (Å²) in [7, 11) is 0. The van der Waals surface area contributed by atoms with Crippen molar-refractivity contribution in [1.82, 2.24) is 0 Å². The maximum absolute atomic E-state index is 10.3. The third kappa shape index (κ3) is 1.24. The van der Waals surface area contributed by atoms with Crippen molar-refractivity contribution in [3.8, 4) is 0 Å². The van der Waals surface area contributed by atoms with Crippen LogP contribution in [0.25, 0.3) is 0 Å². The second-order valence-corrected chi connectivity index (χ2v) is 2.80. The number of rotatable bonds is 0. The minimum atomic E-state index is -1.02. The summed E-state index contributed by atoms with van der Waals surface area (Å²) in [6.45, 7) is 4.23. The first-order chi connectivity index (χ1) is 3.29. The topological polar surface area (TPSA) is 26.3 Å². The third-order valence-corrected chi connectivity index (χ3v) is 1.95. The molecule has 1 aliphatic rings. The molecule has 1 radical (unpaired) electrons. The Labute approximate surface area is 45.5 Å². The molecule has 7 heavy (non-hydrogen) atoms. The van der Waals surface area contributed by atoms with Gasteiger partial charge in [0, 0.05) is 0 Å². The van der Waals surface area contributed by atoms with Crippen LogP contribution in [0, 0.1) is 12.8 Å². The summed E-state index contributed by atoms with van der Waals surface area (Å²) in [5, 5.41) is 0. The molecule has 2 atom stereocenters. The fraction of sp³-hybridized carbons (Fsp3) is 0.750. The molecule has 2 unspecified atom stereocenters. The number of hydrogen-bond donors (Lipinski definition) is 0. The average Bonchev–Trinajstić information content (AvgIpc) is 1.87. The van der Waals surface area contributed by atoms with Gasteiger partial charge < -0.3 is 0 Å². The molecule has 0 aromatic heterocycles. The van der Waals surface area contributed by atoms with Crippen LogP contribution >= 0.6 is 0 Å². The van der Waals surface area contributed by atoms with Crippen molar-refractivity contribution < 1.29 is 8.39 Å². The van der Waals surface area contributed by atoms with Gasteiger partial charge in [0.25, 0.3) is 0 Å². The first-order valence-corrected chi connectivity index (χ1v) is 3.38. The van der Waals surface area contributed by atoms with Gasteiger partial charge >= 0.3 is 0 Å². The molecule has 0 aliphatic carbocycles. The van der Waals surface area contributed by atoms with E-state index in [0.29, 0.717) is 12.4 Å². The Hall–Kier alpha value is 0.110. The Balaban J connectivity index is 2.40. The molecule has 2 nitrogen and oxygen atoms in total. The van der Waals surface area contributed by atoms with E-state index in [1.165, 1.54) is 0 Å². The van der Waals surface area contributed by atoms with Crippen LogP contribution in [0.2, 0.25) is 0 Å². The first kappa shape index (κ1) is 5.25. The Morgan fingerprint density at radius 1 is 1.86 bits per heavy atom. The largest absolute Gasteiger partial charge is 0.290 e. The van der Waals surface area contributed by atoms with Gasteiger partial charge in [0.15, 0.2) is 11.1 Å². The fourth-order valence-corrected chi connectivity index (χ4v) is 1.38. The standard InChI is InChI=1S/C4H7O2S/c1-4-2-6-7(5)3-4/h4H,1-3H2. The van der Waals surface area contributed by atoms with Crippen LogP contribution in [0.1, 0.15) is 0 Å². The van der Waals surface area contributed by atoms with Gasteiger partial charge in [-0.1, -0.05) is 0 Å². The van der Waals surface area contributed by atoms with E-state index in [1.54, 1.807) is 0 Å². The summed E-state index contributed by atoms with van der Waals surface area (Å²) >= 11 is -1.02. The highest BCUT2D eigenvalue weighted by Gasteiger charge is 2.16. The molecule has 0 amide bonds. The van der Waals surface area contributed by atoms with Crippen molar-refractivity contribution >= 4 is 11.1 Å². The molecule has 0 saturated carbocycles. The minimum absolute atomic E-state index is 0.251. The van der Waals surface area contributed by atoms with Gasteiger partial charge in [-0.3, -0.25) is 4.18 Å². The molecule has 0 bridgehead atoms. The second-order valence-electron chi connectivity index (χ2n) is 1.62. The van der Waals surface area contributed by atoms with Crippen molar-refractivity contribution in [2.45, 2.75) is 0 Å². The van der Waals surface area contributed by atoms with E-state index in [2.05, 4.69) is 11.1 Å². The summed E-state index contributed by atoms with van der Waals surface area (Å²) in [4.78, 5) is 0. The average molecular weight is 119 g/mol. The Morgan fingerprint density at radius 2 is 2.57 bits per heavy atom. The smallest absolute Gasteiger partial charge is 0.155 e. The molecule has 0 N–H and O–H groups in total. The van der Waals surface area contributed by atoms with E-state index >= 15 is 0 Å². The maximum atomic E-state index is 10.3. The van der Waals surface area contributed by atoms with Gasteiger partial charge in [-0.25, -0.2) is 4.21 Å². The molecule has 1 saturated heterocycles. The summed E-state index contributed by atoms with van der Waals surface area (Å²) in [5.41, 5.74) is 0. The molecule has 1 aliphatic heterocycles. The lowest BCUT2D eigenvalue weighted by molar-refractivity contribution is 0.352. The van der Waals surface area contributed by atoms with Crippen LogP contribution in [0.4, 0.5) is 0 Å². The SMILES string of the molecule is [CH2]C1COS(=O)C1. The molecule has 0 aromatic carbocycles. The van der Waals surface area contributed by atoms with Crippen LogP contribution in [0.3, 0.4) is 0 Å². The van der Waals surface area contributed by atoms with Crippen molar-refractivity contribution in [3.63, 3.8) is 0 Å². The van der Waals surface area contributed by atoms with E-state index < -0.39 is 11.1 Å². The van der Waals surface area contributed by atoms with Gasteiger partial charge in [0.05, 0.1) is 12.4 Å². The molecule has 1 fully saturated rings. The normalized spacial score (nSPS) is 41.9. The van der Waals surface area contributed by atoms with E-state index in [4.69, 9.17) is 0 Å². The fourth-order valence-electron chi connectivity index (χ4n) is 0.461. The summed E-state index contributed by atoms with van der Waals surface area (Å²) in [5.74, 6) is 0.862. The van der Waals surface area contributed by atoms with Gasteiger partial charge in [-0.2, -0.15) is 0 Å². The summed E-state index contributed by atoms with van der Waals surface area (Å²) in [6.07, 6.45) is 0. The van der Waals surface area contributed by atoms with Crippen LogP contribution in [0.5, 0.6) is 0 Å². The molecule has 1 rings (SSSR count). The van der Waals surface area contributed by atoms with Gasteiger partial charge in [0.1, 0.15) is 0 Å². The molecule has 41 valence electrons. The van der Waals surface area contributed by atoms with Gasteiger partial charge in [0.2, 0.25) is 0 Å². The maximum Gasteiger partial charge on any atom is 0.155 e. The van der Waals surface area contributed by atoms with Crippen LogP contribution in [-0.4, -0.2) is 16.6 Å². The van der Waals surface area contributed by atoms with Crippen molar-refractivity contribution in [3.05, 3.63) is 6.92 Å². The predicted molar refractivity (Wildman–Crippen MR) is 27.8 cm³/mol. The third-order valence-electron chi connectivity index (χ3n) is 0.807. The molecular weight excluding hydrogens is 112 g/mol. The zero-order valence-electron chi connectivity index (χ0n) is 3.92. The van der Waals surface area contributed by atoms with E-state index in [0.717, 1.165) is 0 Å². The Kier molecular flexibility index (Phi) is 1.44. The zero-order chi connectivity index (χ0) is 5.28. The monoisotopic (exact) mass is 119 g/mol. The number of hydrogen-bond acceptors (Lipinski definition) is 2. The van der Waals surface area contributed by atoms with Crippen LogP contribution in [-0.2, 0) is 15.3 Å². The van der Waals surface area contributed by atoms with E-state index in [1.807, 2.05) is 0 Å². The Morgan fingerprint density at radius 3 is 2.71 bits per heavy atom. The highest BCUT2D eigenvalue weighted by Crippen LogP contribution is 2.08. The van der Waals surface area contributed by atoms with E-state index in [-0.39, 0.29) is 5.92 Å². The highest BCUT2D eigenvalue weighted by atomic mass is 32.2. The quantitative estimate of drug-likeness (QED) is 0.453. The lowest BCUT2D eigenvalue weighted by Crippen LogP contribution is -1.95. The lowest BCUT2D eigenvalue weighted by atomic mass is 10.2. The molecule has 1 heterocycles. The summed E-state index contributed by atoms with van der Waals surface area (Å²) < 4.78 is 15.0. The second kappa shape index (κ2) is 1.92. The lowest BCUT2D eigenvalue weighted by Gasteiger charge is -1.86. The summed E-state index contributed by atoms with van der Waals surface area (Å²) in [6, 6.07) is 0. The molecule has 0 aromatic rings. The minimum Gasteiger partial charge on any atom is -0.290 e. The Bertz CT molecular complexity index is 91.7. The van der Waals surface area contributed by atoms with E-state index in [9.17, 15) is 4.21 Å². The molecule has 0 spiro atoms. The van der Waals surface area contributed by atoms with Gasteiger partial charge in [-0.05, 0) is 12.8 Å². The van der Waals surface area contributed by atoms with Crippen molar-refractivity contribution in [1.29, 1.82) is 0 Å². The van der Waals surface area contributed by atoms with Gasteiger partial charge in [-0.15, -0.1) is 0 Å². The first-order valence-electron chi connectivity index (χ1n) is 2.14. The van der Waals surface area contributed by atoms with Crippen LogP contribution in [0.15, 0.2) is 0 Å². The predicted octanol–water partition coefficient (Wildman–Crippen LogP) is 0.131. The van der Waals surface area contributed by atoms with Crippen LogP contribution < -0.4 is 0 Å². The molecule has 3 heteroatoms. The van der Waals surface area contributed by atoms with Crippen molar-refractivity contribution in [2.24, 2.45) is 5.92 Å².